The predicted octanol–water partition coefficient (Wildman–Crippen LogP) is 0.511. The number of hydrogen-bond acceptors (Lipinski definition) is 2. The fraction of sp³-hybridized carbons (Fsp3) is 0.900. The molecule has 3 heteroatoms. The van der Waals surface area contributed by atoms with Crippen LogP contribution in [0.1, 0.15) is 26.2 Å². The van der Waals surface area contributed by atoms with Crippen LogP contribution < -0.4 is 10.6 Å². The van der Waals surface area contributed by atoms with E-state index in [0.717, 1.165) is 25.9 Å². The second-order valence-electron chi connectivity index (χ2n) is 4.32. The van der Waals surface area contributed by atoms with Crippen molar-refractivity contribution < 1.29 is 4.79 Å². The Balaban J connectivity index is 1.75. The van der Waals surface area contributed by atoms with Crippen LogP contribution in [0, 0.1) is 11.8 Å². The molecule has 0 bridgehead atoms. The molecule has 13 heavy (non-hydrogen) atoms. The molecule has 0 aromatic rings. The normalized spacial score (nSPS) is 30.1. The quantitative estimate of drug-likeness (QED) is 0.667. The lowest BCUT2D eigenvalue weighted by Crippen LogP contribution is -2.39. The van der Waals surface area contributed by atoms with E-state index in [-0.39, 0.29) is 5.91 Å². The topological polar surface area (TPSA) is 41.1 Å². The fourth-order valence-corrected chi connectivity index (χ4v) is 1.91. The Labute approximate surface area is 79.3 Å². The second kappa shape index (κ2) is 3.66. The molecule has 2 atom stereocenters. The molecule has 1 aliphatic carbocycles. The summed E-state index contributed by atoms with van der Waals surface area (Å²) in [4.78, 5) is 11.4. The van der Waals surface area contributed by atoms with E-state index < -0.39 is 0 Å². The molecule has 0 spiro atoms. The maximum atomic E-state index is 11.4. The fourth-order valence-electron chi connectivity index (χ4n) is 1.91. The van der Waals surface area contributed by atoms with Crippen LogP contribution >= 0.6 is 0 Å². The zero-order chi connectivity index (χ0) is 9.26. The SMILES string of the molecule is CC(NC(=O)C1CC1)C1CCNC1. The summed E-state index contributed by atoms with van der Waals surface area (Å²) in [7, 11) is 0. The van der Waals surface area contributed by atoms with Crippen LogP contribution in [0.25, 0.3) is 0 Å². The van der Waals surface area contributed by atoms with Gasteiger partial charge < -0.3 is 10.6 Å². The molecule has 2 rings (SSSR count). The summed E-state index contributed by atoms with van der Waals surface area (Å²) in [6, 6.07) is 0.350. The second-order valence-corrected chi connectivity index (χ2v) is 4.32. The van der Waals surface area contributed by atoms with Crippen LogP contribution in [0.2, 0.25) is 0 Å². The first-order valence-electron chi connectivity index (χ1n) is 5.28. The standard InChI is InChI=1S/C10H18N2O/c1-7(9-4-5-11-6-9)12-10(13)8-2-3-8/h7-9,11H,2-6H2,1H3,(H,12,13). The number of nitrogens with one attached hydrogen (secondary N) is 2. The summed E-state index contributed by atoms with van der Waals surface area (Å²) in [5.74, 6) is 1.26. The number of hydrogen-bond donors (Lipinski definition) is 2. The largest absolute Gasteiger partial charge is 0.353 e. The molecule has 0 aromatic carbocycles. The first kappa shape index (κ1) is 9.00. The zero-order valence-corrected chi connectivity index (χ0v) is 8.18. The van der Waals surface area contributed by atoms with Gasteiger partial charge in [0.2, 0.25) is 5.91 Å². The lowest BCUT2D eigenvalue weighted by molar-refractivity contribution is -0.123. The van der Waals surface area contributed by atoms with Crippen LogP contribution in [0.4, 0.5) is 0 Å². The van der Waals surface area contributed by atoms with Gasteiger partial charge in [0.15, 0.2) is 0 Å². The van der Waals surface area contributed by atoms with Crippen molar-refractivity contribution in [3.8, 4) is 0 Å². The molecule has 1 saturated heterocycles. The van der Waals surface area contributed by atoms with E-state index in [0.29, 0.717) is 17.9 Å². The molecule has 0 aromatic heterocycles. The van der Waals surface area contributed by atoms with Gasteiger partial charge in [-0.05, 0) is 45.2 Å². The maximum Gasteiger partial charge on any atom is 0.223 e. The van der Waals surface area contributed by atoms with Crippen LogP contribution in [-0.4, -0.2) is 25.0 Å². The van der Waals surface area contributed by atoms with Crippen molar-refractivity contribution in [1.29, 1.82) is 0 Å². The van der Waals surface area contributed by atoms with Gasteiger partial charge in [-0.2, -0.15) is 0 Å². The molecule has 2 aliphatic rings. The van der Waals surface area contributed by atoms with Crippen LogP contribution in [-0.2, 0) is 4.79 Å². The molecular weight excluding hydrogens is 164 g/mol. The van der Waals surface area contributed by atoms with Crippen molar-refractivity contribution in [2.75, 3.05) is 13.1 Å². The summed E-state index contributed by atoms with van der Waals surface area (Å²) in [6.07, 6.45) is 3.40. The summed E-state index contributed by atoms with van der Waals surface area (Å²) in [6.45, 7) is 4.29. The van der Waals surface area contributed by atoms with E-state index in [4.69, 9.17) is 0 Å². The number of carbonyl (C=O) groups is 1. The van der Waals surface area contributed by atoms with Crippen molar-refractivity contribution in [2.24, 2.45) is 11.8 Å². The maximum absolute atomic E-state index is 11.4. The van der Waals surface area contributed by atoms with E-state index >= 15 is 0 Å². The molecule has 1 aliphatic heterocycles. The van der Waals surface area contributed by atoms with Crippen molar-refractivity contribution in [3.63, 3.8) is 0 Å². The Hall–Kier alpha value is -0.570. The monoisotopic (exact) mass is 182 g/mol. The third-order valence-corrected chi connectivity index (χ3v) is 3.12. The van der Waals surface area contributed by atoms with Crippen molar-refractivity contribution in [3.05, 3.63) is 0 Å². The van der Waals surface area contributed by atoms with E-state index in [1.165, 1.54) is 6.42 Å². The minimum atomic E-state index is 0.277. The first-order valence-corrected chi connectivity index (χ1v) is 5.28. The Bertz CT molecular complexity index is 195. The van der Waals surface area contributed by atoms with Crippen molar-refractivity contribution in [1.82, 2.24) is 10.6 Å². The molecule has 1 saturated carbocycles. The molecule has 2 unspecified atom stereocenters. The van der Waals surface area contributed by atoms with Crippen molar-refractivity contribution >= 4 is 5.91 Å². The van der Waals surface area contributed by atoms with Gasteiger partial charge in [-0.1, -0.05) is 0 Å². The molecule has 0 radical (unpaired) electrons. The summed E-state index contributed by atoms with van der Waals surface area (Å²) in [5, 5.41) is 6.42. The number of amides is 1. The number of rotatable bonds is 3. The Morgan fingerprint density at radius 1 is 1.46 bits per heavy atom. The van der Waals surface area contributed by atoms with Gasteiger partial charge in [0.05, 0.1) is 0 Å². The lowest BCUT2D eigenvalue weighted by Gasteiger charge is -2.19. The summed E-state index contributed by atoms with van der Waals surface area (Å²) < 4.78 is 0. The van der Waals surface area contributed by atoms with E-state index in [1.54, 1.807) is 0 Å². The van der Waals surface area contributed by atoms with Crippen LogP contribution in [0.15, 0.2) is 0 Å². The van der Waals surface area contributed by atoms with Crippen LogP contribution in [0.5, 0.6) is 0 Å². The van der Waals surface area contributed by atoms with E-state index in [2.05, 4.69) is 17.6 Å². The highest BCUT2D eigenvalue weighted by Gasteiger charge is 2.32. The molecule has 74 valence electrons. The molecule has 3 nitrogen and oxygen atoms in total. The van der Waals surface area contributed by atoms with Crippen molar-refractivity contribution in [2.45, 2.75) is 32.2 Å². The minimum Gasteiger partial charge on any atom is -0.353 e. The van der Waals surface area contributed by atoms with Gasteiger partial charge in [-0.25, -0.2) is 0 Å². The van der Waals surface area contributed by atoms with Gasteiger partial charge >= 0.3 is 0 Å². The lowest BCUT2D eigenvalue weighted by atomic mass is 10.0. The molecule has 2 N–H and O–H groups in total. The third kappa shape index (κ3) is 2.21. The molecular formula is C10H18N2O. The number of carbonyl (C=O) groups excluding carboxylic acids is 1. The van der Waals surface area contributed by atoms with E-state index in [9.17, 15) is 4.79 Å². The van der Waals surface area contributed by atoms with Gasteiger partial charge in [-0.3, -0.25) is 4.79 Å². The Morgan fingerprint density at radius 3 is 2.77 bits per heavy atom. The highest BCUT2D eigenvalue weighted by molar-refractivity contribution is 5.81. The van der Waals surface area contributed by atoms with Gasteiger partial charge in [0.1, 0.15) is 0 Å². The van der Waals surface area contributed by atoms with Crippen LogP contribution in [0.3, 0.4) is 0 Å². The Morgan fingerprint density at radius 2 is 2.23 bits per heavy atom. The van der Waals surface area contributed by atoms with E-state index in [1.807, 2.05) is 0 Å². The first-order chi connectivity index (χ1) is 6.27. The molecule has 1 heterocycles. The third-order valence-electron chi connectivity index (χ3n) is 3.12. The van der Waals surface area contributed by atoms with Gasteiger partial charge in [0, 0.05) is 12.0 Å². The van der Waals surface area contributed by atoms with Gasteiger partial charge in [-0.15, -0.1) is 0 Å². The predicted molar refractivity (Wildman–Crippen MR) is 51.3 cm³/mol. The summed E-state index contributed by atoms with van der Waals surface area (Å²) in [5.41, 5.74) is 0. The zero-order valence-electron chi connectivity index (χ0n) is 8.18. The summed E-state index contributed by atoms with van der Waals surface area (Å²) >= 11 is 0. The highest BCUT2D eigenvalue weighted by Crippen LogP contribution is 2.29. The highest BCUT2D eigenvalue weighted by atomic mass is 16.2. The molecule has 2 fully saturated rings. The average Bonchev–Trinajstić information content (AvgIpc) is 2.81. The molecule has 1 amide bonds. The minimum absolute atomic E-state index is 0.277. The smallest absolute Gasteiger partial charge is 0.223 e. The Kier molecular flexibility index (Phi) is 2.54. The average molecular weight is 182 g/mol. The van der Waals surface area contributed by atoms with Gasteiger partial charge in [0.25, 0.3) is 0 Å².